The Morgan fingerprint density at radius 3 is 2.32 bits per heavy atom. The third kappa shape index (κ3) is 3.93. The van der Waals surface area contributed by atoms with Crippen molar-refractivity contribution in [2.24, 2.45) is 11.7 Å². The smallest absolute Gasteiger partial charge is 0.243 e. The summed E-state index contributed by atoms with van der Waals surface area (Å²) < 4.78 is 0. The highest BCUT2D eigenvalue weighted by Gasteiger charge is 2.34. The minimum Gasteiger partial charge on any atom is -0.343 e. The molecule has 2 fully saturated rings. The highest BCUT2D eigenvalue weighted by atomic mass is 16.2. The normalized spacial score (nSPS) is 28.3. The van der Waals surface area contributed by atoms with E-state index in [0.29, 0.717) is 18.9 Å². The first-order valence-corrected chi connectivity index (χ1v) is 7.51. The highest BCUT2D eigenvalue weighted by molar-refractivity contribution is 5.96. The monoisotopic (exact) mass is 267 g/mol. The molecule has 5 nitrogen and oxygen atoms in total. The van der Waals surface area contributed by atoms with E-state index in [1.54, 1.807) is 0 Å². The Labute approximate surface area is 114 Å². The van der Waals surface area contributed by atoms with Crippen LogP contribution in [-0.2, 0) is 9.59 Å². The molecule has 2 rings (SSSR count). The van der Waals surface area contributed by atoms with Crippen molar-refractivity contribution in [2.45, 2.75) is 63.5 Å². The molecular formula is C14H25N3O2. The molecule has 1 aliphatic heterocycles. The molecule has 2 aliphatic rings. The fraction of sp³-hybridized carbons (Fsp3) is 0.857. The molecule has 0 aromatic carbocycles. The average molecular weight is 267 g/mol. The molecule has 0 bridgehead atoms. The number of rotatable bonds is 6. The lowest BCUT2D eigenvalue weighted by Crippen LogP contribution is -2.61. The maximum absolute atomic E-state index is 12.0. The molecule has 19 heavy (non-hydrogen) atoms. The Hall–Kier alpha value is -1.10. The minimum absolute atomic E-state index is 0.00996. The van der Waals surface area contributed by atoms with Gasteiger partial charge in [-0.3, -0.25) is 9.59 Å². The Balaban J connectivity index is 1.80. The number of carbonyl (C=O) groups is 2. The van der Waals surface area contributed by atoms with E-state index in [1.807, 2.05) is 0 Å². The Bertz CT molecular complexity index is 327. The lowest BCUT2D eigenvalue weighted by atomic mass is 9.95. The number of carbonyl (C=O) groups excluding carboxylic acids is 2. The van der Waals surface area contributed by atoms with E-state index < -0.39 is 0 Å². The van der Waals surface area contributed by atoms with E-state index >= 15 is 0 Å². The standard InChI is InChI=1S/C14H25N3O2/c15-8-4-3-7-11-13(18)17-12(14(19)16-11)9-10-5-1-2-6-10/h10-12H,1-9,15H2,(H,16,19)(H,17,18)/t11-,12-/m0/s1. The molecule has 1 saturated heterocycles. The number of nitrogens with two attached hydrogens (primary N) is 1. The molecule has 5 heteroatoms. The van der Waals surface area contributed by atoms with Gasteiger partial charge in [0.1, 0.15) is 12.1 Å². The average Bonchev–Trinajstić information content (AvgIpc) is 2.88. The lowest BCUT2D eigenvalue weighted by Gasteiger charge is -2.31. The molecular weight excluding hydrogens is 242 g/mol. The van der Waals surface area contributed by atoms with Gasteiger partial charge in [-0.2, -0.15) is 0 Å². The van der Waals surface area contributed by atoms with Crippen LogP contribution in [0.3, 0.4) is 0 Å². The van der Waals surface area contributed by atoms with Crippen LogP contribution in [0.15, 0.2) is 0 Å². The van der Waals surface area contributed by atoms with Gasteiger partial charge in [0.2, 0.25) is 11.8 Å². The molecule has 1 aliphatic carbocycles. The first kappa shape index (κ1) is 14.3. The fourth-order valence-electron chi connectivity index (χ4n) is 3.12. The van der Waals surface area contributed by atoms with Crippen molar-refractivity contribution in [3.05, 3.63) is 0 Å². The summed E-state index contributed by atoms with van der Waals surface area (Å²) in [5.74, 6) is 0.564. The SMILES string of the molecule is NCCCC[C@@H]1NC(=O)[C@H](CC2CCCC2)NC1=O. The number of amides is 2. The molecule has 1 saturated carbocycles. The van der Waals surface area contributed by atoms with Gasteiger partial charge in [-0.25, -0.2) is 0 Å². The van der Waals surface area contributed by atoms with Crippen LogP contribution in [0.2, 0.25) is 0 Å². The van der Waals surface area contributed by atoms with E-state index in [1.165, 1.54) is 25.7 Å². The molecule has 0 aromatic heterocycles. The van der Waals surface area contributed by atoms with E-state index in [0.717, 1.165) is 19.3 Å². The molecule has 0 radical (unpaired) electrons. The Kier molecular flexibility index (Phi) is 5.19. The molecule has 108 valence electrons. The van der Waals surface area contributed by atoms with Crippen molar-refractivity contribution < 1.29 is 9.59 Å². The Morgan fingerprint density at radius 2 is 1.63 bits per heavy atom. The zero-order valence-electron chi connectivity index (χ0n) is 11.5. The Morgan fingerprint density at radius 1 is 1.00 bits per heavy atom. The van der Waals surface area contributed by atoms with E-state index in [4.69, 9.17) is 5.73 Å². The third-order valence-electron chi connectivity index (χ3n) is 4.26. The molecule has 2 amide bonds. The van der Waals surface area contributed by atoms with Gasteiger partial charge in [0, 0.05) is 0 Å². The second-order valence-corrected chi connectivity index (χ2v) is 5.79. The molecule has 4 N–H and O–H groups in total. The maximum atomic E-state index is 12.0. The molecule has 2 atom stereocenters. The minimum atomic E-state index is -0.362. The van der Waals surface area contributed by atoms with Crippen molar-refractivity contribution in [3.8, 4) is 0 Å². The largest absolute Gasteiger partial charge is 0.343 e. The molecule has 0 aromatic rings. The van der Waals surface area contributed by atoms with Gasteiger partial charge in [0.25, 0.3) is 0 Å². The number of hydrogen-bond donors (Lipinski definition) is 3. The number of hydrogen-bond acceptors (Lipinski definition) is 3. The number of piperazine rings is 1. The van der Waals surface area contributed by atoms with Crippen molar-refractivity contribution in [1.29, 1.82) is 0 Å². The van der Waals surface area contributed by atoms with Gasteiger partial charge in [0.05, 0.1) is 0 Å². The number of nitrogens with one attached hydrogen (secondary N) is 2. The highest BCUT2D eigenvalue weighted by Crippen LogP contribution is 2.29. The summed E-state index contributed by atoms with van der Waals surface area (Å²) in [6.07, 6.45) is 8.16. The van der Waals surface area contributed by atoms with Crippen LogP contribution < -0.4 is 16.4 Å². The number of unbranched alkanes of at least 4 members (excludes halogenated alkanes) is 1. The zero-order valence-corrected chi connectivity index (χ0v) is 11.5. The van der Waals surface area contributed by atoms with Crippen LogP contribution in [0.5, 0.6) is 0 Å². The summed E-state index contributed by atoms with van der Waals surface area (Å²) in [6.45, 7) is 0.632. The first-order valence-electron chi connectivity index (χ1n) is 7.51. The van der Waals surface area contributed by atoms with E-state index in [-0.39, 0.29) is 23.9 Å². The van der Waals surface area contributed by atoms with Crippen LogP contribution in [0.1, 0.15) is 51.4 Å². The molecule has 0 spiro atoms. The van der Waals surface area contributed by atoms with Crippen LogP contribution in [-0.4, -0.2) is 30.4 Å². The summed E-state index contributed by atoms with van der Waals surface area (Å²) in [7, 11) is 0. The van der Waals surface area contributed by atoms with Crippen molar-refractivity contribution in [1.82, 2.24) is 10.6 Å². The summed E-state index contributed by atoms with van der Waals surface area (Å²) in [5, 5.41) is 5.75. The van der Waals surface area contributed by atoms with Crippen LogP contribution in [0, 0.1) is 5.92 Å². The molecule has 1 heterocycles. The van der Waals surface area contributed by atoms with Crippen molar-refractivity contribution >= 4 is 11.8 Å². The van der Waals surface area contributed by atoms with Gasteiger partial charge in [-0.15, -0.1) is 0 Å². The van der Waals surface area contributed by atoms with Gasteiger partial charge in [0.15, 0.2) is 0 Å². The maximum Gasteiger partial charge on any atom is 0.243 e. The quantitative estimate of drug-likeness (QED) is 0.619. The van der Waals surface area contributed by atoms with Crippen LogP contribution in [0.25, 0.3) is 0 Å². The van der Waals surface area contributed by atoms with Crippen molar-refractivity contribution in [2.75, 3.05) is 6.54 Å². The van der Waals surface area contributed by atoms with E-state index in [9.17, 15) is 9.59 Å². The van der Waals surface area contributed by atoms with Gasteiger partial charge in [-0.05, 0) is 38.1 Å². The lowest BCUT2D eigenvalue weighted by molar-refractivity contribution is -0.137. The molecule has 0 unspecified atom stereocenters. The predicted octanol–water partition coefficient (Wildman–Crippen LogP) is 0.679. The van der Waals surface area contributed by atoms with Crippen molar-refractivity contribution in [3.63, 3.8) is 0 Å². The fourth-order valence-corrected chi connectivity index (χ4v) is 3.12. The zero-order chi connectivity index (χ0) is 13.7. The summed E-state index contributed by atoms with van der Waals surface area (Å²) in [4.78, 5) is 24.0. The van der Waals surface area contributed by atoms with Crippen LogP contribution in [0.4, 0.5) is 0 Å². The predicted molar refractivity (Wildman–Crippen MR) is 73.3 cm³/mol. The van der Waals surface area contributed by atoms with Gasteiger partial charge in [-0.1, -0.05) is 25.7 Å². The van der Waals surface area contributed by atoms with E-state index in [2.05, 4.69) is 10.6 Å². The second-order valence-electron chi connectivity index (χ2n) is 5.79. The first-order chi connectivity index (χ1) is 9.20. The van der Waals surface area contributed by atoms with Gasteiger partial charge < -0.3 is 16.4 Å². The van der Waals surface area contributed by atoms with Crippen LogP contribution >= 0.6 is 0 Å². The summed E-state index contributed by atoms with van der Waals surface area (Å²) in [6, 6.07) is -0.680. The summed E-state index contributed by atoms with van der Waals surface area (Å²) in [5.41, 5.74) is 5.43. The topological polar surface area (TPSA) is 84.2 Å². The summed E-state index contributed by atoms with van der Waals surface area (Å²) >= 11 is 0. The third-order valence-corrected chi connectivity index (χ3v) is 4.26. The van der Waals surface area contributed by atoms with Gasteiger partial charge >= 0.3 is 0 Å². The second kappa shape index (κ2) is 6.89.